The Labute approximate surface area is 146 Å². The van der Waals surface area contributed by atoms with Crippen LogP contribution in [0.4, 0.5) is 0 Å². The Morgan fingerprint density at radius 3 is 2.75 bits per heavy atom. The van der Waals surface area contributed by atoms with Gasteiger partial charge in [-0.3, -0.25) is 9.59 Å². The third kappa shape index (κ3) is 2.27. The average Bonchev–Trinajstić information content (AvgIpc) is 2.55. The van der Waals surface area contributed by atoms with Crippen LogP contribution in [0.5, 0.6) is 5.75 Å². The molecule has 0 unspecified atom stereocenters. The van der Waals surface area contributed by atoms with Gasteiger partial charge in [0.25, 0.3) is 0 Å². The van der Waals surface area contributed by atoms with Gasteiger partial charge in [-0.25, -0.2) is 0 Å². The molecule has 0 fully saturated rings. The standard InChI is InChI=1S/C20H19ClO3/c1-4-12-5-7-15-19(24)11(2)9-17(23)20(15,3)18(12)14-10-13(21)6-8-16(14)22/h4-6,8-10,15,18,22H,1,7H2,2-3H3/t15-,18+,20-/m0/s1. The van der Waals surface area contributed by atoms with E-state index < -0.39 is 17.3 Å². The summed E-state index contributed by atoms with van der Waals surface area (Å²) < 4.78 is 0. The highest BCUT2D eigenvalue weighted by atomic mass is 35.5. The van der Waals surface area contributed by atoms with Crippen molar-refractivity contribution in [2.24, 2.45) is 11.3 Å². The number of ketones is 2. The van der Waals surface area contributed by atoms with Crippen LogP contribution in [0.2, 0.25) is 5.02 Å². The van der Waals surface area contributed by atoms with Gasteiger partial charge in [0, 0.05) is 22.4 Å². The fourth-order valence-electron chi connectivity index (χ4n) is 4.02. The number of fused-ring (bicyclic) bond motifs is 1. The number of allylic oxidation sites excluding steroid dienone is 5. The Morgan fingerprint density at radius 1 is 1.38 bits per heavy atom. The van der Waals surface area contributed by atoms with E-state index in [0.29, 0.717) is 22.6 Å². The molecule has 24 heavy (non-hydrogen) atoms. The van der Waals surface area contributed by atoms with Gasteiger partial charge in [-0.15, -0.1) is 0 Å². The Balaban J connectivity index is 2.28. The molecule has 1 aromatic rings. The zero-order valence-corrected chi connectivity index (χ0v) is 14.4. The number of aromatic hydroxyl groups is 1. The zero-order valence-electron chi connectivity index (χ0n) is 13.7. The molecule has 0 bridgehead atoms. The quantitative estimate of drug-likeness (QED) is 0.868. The second-order valence-electron chi connectivity index (χ2n) is 6.67. The first-order valence-corrected chi connectivity index (χ1v) is 8.26. The number of phenolic OH excluding ortho intramolecular Hbond substituents is 1. The van der Waals surface area contributed by atoms with E-state index in [9.17, 15) is 14.7 Å². The van der Waals surface area contributed by atoms with Gasteiger partial charge >= 0.3 is 0 Å². The number of hydrogen-bond acceptors (Lipinski definition) is 3. The van der Waals surface area contributed by atoms with E-state index in [4.69, 9.17) is 11.6 Å². The molecule has 1 N–H and O–H groups in total. The molecule has 0 radical (unpaired) electrons. The highest BCUT2D eigenvalue weighted by Gasteiger charge is 2.55. The Hall–Kier alpha value is -2.13. The van der Waals surface area contributed by atoms with Crippen molar-refractivity contribution in [2.75, 3.05) is 0 Å². The van der Waals surface area contributed by atoms with Crippen LogP contribution in [-0.2, 0) is 9.59 Å². The van der Waals surface area contributed by atoms with Gasteiger partial charge in [0.15, 0.2) is 11.6 Å². The first-order chi connectivity index (χ1) is 11.3. The molecule has 0 aromatic heterocycles. The lowest BCUT2D eigenvalue weighted by Gasteiger charge is -2.47. The van der Waals surface area contributed by atoms with Crippen LogP contribution in [-0.4, -0.2) is 16.7 Å². The van der Waals surface area contributed by atoms with E-state index in [1.807, 2.05) is 13.0 Å². The third-order valence-electron chi connectivity index (χ3n) is 5.37. The lowest BCUT2D eigenvalue weighted by atomic mass is 9.53. The Kier molecular flexibility index (Phi) is 4.00. The molecule has 0 heterocycles. The average molecular weight is 343 g/mol. The number of carbonyl (C=O) groups is 2. The summed E-state index contributed by atoms with van der Waals surface area (Å²) in [6.07, 6.45) is 5.55. The number of benzene rings is 1. The summed E-state index contributed by atoms with van der Waals surface area (Å²) in [6.45, 7) is 7.33. The predicted octanol–water partition coefficient (Wildman–Crippen LogP) is 4.37. The first kappa shape index (κ1) is 16.7. The molecule has 0 saturated carbocycles. The number of carbonyl (C=O) groups excluding carboxylic acids is 2. The second-order valence-corrected chi connectivity index (χ2v) is 7.11. The maximum atomic E-state index is 12.9. The molecular formula is C20H19ClO3. The topological polar surface area (TPSA) is 54.4 Å². The van der Waals surface area contributed by atoms with Gasteiger partial charge in [0.2, 0.25) is 0 Å². The summed E-state index contributed by atoms with van der Waals surface area (Å²) in [5, 5.41) is 10.8. The van der Waals surface area contributed by atoms with E-state index in [0.717, 1.165) is 5.57 Å². The van der Waals surface area contributed by atoms with E-state index in [1.165, 1.54) is 12.1 Å². The van der Waals surface area contributed by atoms with Crippen molar-refractivity contribution < 1.29 is 14.7 Å². The van der Waals surface area contributed by atoms with E-state index in [1.54, 1.807) is 25.1 Å². The number of halogens is 1. The molecule has 2 aliphatic carbocycles. The minimum Gasteiger partial charge on any atom is -0.508 e. The molecule has 0 aliphatic heterocycles. The molecule has 1 aromatic carbocycles. The highest BCUT2D eigenvalue weighted by molar-refractivity contribution is 6.30. The van der Waals surface area contributed by atoms with Crippen LogP contribution in [0.1, 0.15) is 31.7 Å². The molecule has 124 valence electrons. The van der Waals surface area contributed by atoms with Crippen LogP contribution in [0, 0.1) is 11.3 Å². The zero-order chi connectivity index (χ0) is 17.6. The van der Waals surface area contributed by atoms with E-state index >= 15 is 0 Å². The highest BCUT2D eigenvalue weighted by Crippen LogP contribution is 2.56. The maximum Gasteiger partial charge on any atom is 0.163 e. The van der Waals surface area contributed by atoms with Gasteiger partial charge in [0.1, 0.15) is 5.75 Å². The van der Waals surface area contributed by atoms with Gasteiger partial charge in [-0.2, -0.15) is 0 Å². The summed E-state index contributed by atoms with van der Waals surface area (Å²) >= 11 is 6.12. The van der Waals surface area contributed by atoms with Gasteiger partial charge in [-0.05, 0) is 48.8 Å². The molecule has 3 rings (SSSR count). The molecule has 4 heteroatoms. The van der Waals surface area contributed by atoms with E-state index in [2.05, 4.69) is 6.58 Å². The van der Waals surface area contributed by atoms with Crippen molar-refractivity contribution >= 4 is 23.2 Å². The van der Waals surface area contributed by atoms with Crippen molar-refractivity contribution in [3.05, 3.63) is 64.7 Å². The summed E-state index contributed by atoms with van der Waals surface area (Å²) in [4.78, 5) is 25.6. The summed E-state index contributed by atoms with van der Waals surface area (Å²) in [6, 6.07) is 4.77. The molecule has 0 spiro atoms. The smallest absolute Gasteiger partial charge is 0.163 e. The van der Waals surface area contributed by atoms with Crippen molar-refractivity contribution in [2.45, 2.75) is 26.2 Å². The SMILES string of the molecule is C=CC1=CC[C@H]2C(=O)C(C)=CC(=O)[C@@]2(C)[C@H]1c1cc(Cl)ccc1O. The fraction of sp³-hybridized carbons (Fsp3) is 0.300. The Morgan fingerprint density at radius 2 is 2.08 bits per heavy atom. The monoisotopic (exact) mass is 342 g/mol. The van der Waals surface area contributed by atoms with Crippen LogP contribution in [0.3, 0.4) is 0 Å². The fourth-order valence-corrected chi connectivity index (χ4v) is 4.20. The van der Waals surface area contributed by atoms with Crippen molar-refractivity contribution in [1.82, 2.24) is 0 Å². The van der Waals surface area contributed by atoms with E-state index in [-0.39, 0.29) is 17.3 Å². The van der Waals surface area contributed by atoms with Crippen LogP contribution in [0.15, 0.2) is 54.2 Å². The van der Waals surface area contributed by atoms with Crippen LogP contribution < -0.4 is 0 Å². The molecule has 0 amide bonds. The lowest BCUT2D eigenvalue weighted by molar-refractivity contribution is -0.137. The van der Waals surface area contributed by atoms with Gasteiger partial charge in [-0.1, -0.05) is 37.3 Å². The summed E-state index contributed by atoms with van der Waals surface area (Å²) in [7, 11) is 0. The van der Waals surface area contributed by atoms with Crippen molar-refractivity contribution in [1.29, 1.82) is 0 Å². The van der Waals surface area contributed by atoms with Crippen LogP contribution >= 0.6 is 11.6 Å². The van der Waals surface area contributed by atoms with Gasteiger partial charge in [0.05, 0.1) is 5.41 Å². The maximum absolute atomic E-state index is 12.9. The molecule has 3 atom stereocenters. The minimum absolute atomic E-state index is 0.0111. The number of hydrogen-bond donors (Lipinski definition) is 1. The predicted molar refractivity (Wildman–Crippen MR) is 94.1 cm³/mol. The number of rotatable bonds is 2. The summed E-state index contributed by atoms with van der Waals surface area (Å²) in [5.41, 5.74) is 0.916. The van der Waals surface area contributed by atoms with Crippen molar-refractivity contribution in [3.63, 3.8) is 0 Å². The number of Topliss-reactive ketones (excluding diaryl/α,β-unsaturated/α-hetero) is 1. The number of phenols is 1. The molecule has 2 aliphatic rings. The minimum atomic E-state index is -0.961. The van der Waals surface area contributed by atoms with Gasteiger partial charge < -0.3 is 5.11 Å². The van der Waals surface area contributed by atoms with Crippen molar-refractivity contribution in [3.8, 4) is 5.75 Å². The molecule has 0 saturated heterocycles. The largest absolute Gasteiger partial charge is 0.508 e. The second kappa shape index (κ2) is 5.75. The summed E-state index contributed by atoms with van der Waals surface area (Å²) in [5.74, 6) is -0.953. The molecule has 3 nitrogen and oxygen atoms in total. The normalized spacial score (nSPS) is 29.6. The Bertz CT molecular complexity index is 818. The van der Waals surface area contributed by atoms with Crippen LogP contribution in [0.25, 0.3) is 0 Å². The third-order valence-corrected chi connectivity index (χ3v) is 5.60. The lowest BCUT2D eigenvalue weighted by Crippen LogP contribution is -2.49. The molecular weight excluding hydrogens is 324 g/mol. The first-order valence-electron chi connectivity index (χ1n) is 7.88.